The highest BCUT2D eigenvalue weighted by atomic mass is 16.6. The molecule has 0 fully saturated rings. The first kappa shape index (κ1) is 16.2. The van der Waals surface area contributed by atoms with Gasteiger partial charge in [0.05, 0.1) is 23.8 Å². The number of ketones is 1. The fourth-order valence-electron chi connectivity index (χ4n) is 1.94. The van der Waals surface area contributed by atoms with E-state index in [9.17, 15) is 14.9 Å². The number of ether oxygens (including phenoxy) is 1. The molecule has 0 spiro atoms. The number of rotatable bonds is 6. The normalized spacial score (nSPS) is 11.0. The number of nitro groups is 1. The summed E-state index contributed by atoms with van der Waals surface area (Å²) in [5, 5.41) is 13.8. The van der Waals surface area contributed by atoms with Gasteiger partial charge in [0, 0.05) is 35.8 Å². The average molecular weight is 313 g/mol. The Hall–Kier alpha value is -3.22. The Morgan fingerprint density at radius 2 is 2.00 bits per heavy atom. The lowest BCUT2D eigenvalue weighted by molar-refractivity contribution is -0.384. The zero-order chi connectivity index (χ0) is 16.8. The summed E-state index contributed by atoms with van der Waals surface area (Å²) in [5.74, 6) is 0.154. The van der Waals surface area contributed by atoms with Crippen LogP contribution in [0, 0.1) is 10.1 Å². The first-order chi connectivity index (χ1) is 11.0. The molecule has 0 aliphatic carbocycles. The van der Waals surface area contributed by atoms with Gasteiger partial charge < -0.3 is 10.1 Å². The topological polar surface area (TPSA) is 94.4 Å². The van der Waals surface area contributed by atoms with Crippen molar-refractivity contribution in [1.29, 1.82) is 0 Å². The number of aromatic nitrogens is 1. The van der Waals surface area contributed by atoms with Crippen LogP contribution >= 0.6 is 0 Å². The van der Waals surface area contributed by atoms with Gasteiger partial charge in [0.2, 0.25) is 0 Å². The van der Waals surface area contributed by atoms with E-state index < -0.39 is 4.92 Å². The number of hydrogen-bond donors (Lipinski definition) is 1. The van der Waals surface area contributed by atoms with E-state index in [1.807, 2.05) is 0 Å². The number of nitrogens with zero attached hydrogens (tertiary/aromatic N) is 2. The standard InChI is InChI=1S/C16H15N3O4/c1-11(9-15(20)12-5-7-17-8-6-12)18-14-4-3-13(19(21)22)10-16(14)23-2/h3-10,18H,1-2H3/b11-9+. The van der Waals surface area contributed by atoms with Crippen LogP contribution in [0.25, 0.3) is 0 Å². The van der Waals surface area contributed by atoms with Crippen molar-refractivity contribution in [3.63, 3.8) is 0 Å². The summed E-state index contributed by atoms with van der Waals surface area (Å²) in [6.07, 6.45) is 4.53. The number of benzene rings is 1. The van der Waals surface area contributed by atoms with Crippen molar-refractivity contribution >= 4 is 17.2 Å². The first-order valence-corrected chi connectivity index (χ1v) is 6.73. The lowest BCUT2D eigenvalue weighted by Crippen LogP contribution is -2.03. The minimum Gasteiger partial charge on any atom is -0.494 e. The van der Waals surface area contributed by atoms with Crippen LogP contribution in [0.3, 0.4) is 0 Å². The molecule has 2 rings (SSSR count). The second-order valence-electron chi connectivity index (χ2n) is 4.69. The van der Waals surface area contributed by atoms with Crippen molar-refractivity contribution < 1.29 is 14.5 Å². The number of nitro benzene ring substituents is 1. The van der Waals surface area contributed by atoms with Crippen molar-refractivity contribution in [3.8, 4) is 5.75 Å². The highest BCUT2D eigenvalue weighted by Gasteiger charge is 2.12. The number of carbonyl (C=O) groups is 1. The molecule has 7 nitrogen and oxygen atoms in total. The SMILES string of the molecule is COc1cc([N+](=O)[O-])ccc1N/C(C)=C/C(=O)c1ccncc1. The number of non-ortho nitro benzene ring substituents is 1. The maximum atomic E-state index is 12.1. The van der Waals surface area contributed by atoms with Gasteiger partial charge in [0.15, 0.2) is 5.78 Å². The first-order valence-electron chi connectivity index (χ1n) is 6.73. The Morgan fingerprint density at radius 1 is 1.30 bits per heavy atom. The van der Waals surface area contributed by atoms with E-state index in [2.05, 4.69) is 10.3 Å². The van der Waals surface area contributed by atoms with Crippen molar-refractivity contribution in [3.05, 3.63) is 70.2 Å². The monoisotopic (exact) mass is 313 g/mol. The molecule has 0 aliphatic rings. The number of nitrogens with one attached hydrogen (secondary N) is 1. The van der Waals surface area contributed by atoms with Crippen LogP contribution in [0.2, 0.25) is 0 Å². The number of methoxy groups -OCH3 is 1. The van der Waals surface area contributed by atoms with Crippen molar-refractivity contribution in [2.24, 2.45) is 0 Å². The molecule has 2 aromatic rings. The Kier molecular flexibility index (Phi) is 5.03. The zero-order valence-electron chi connectivity index (χ0n) is 12.6. The van der Waals surface area contributed by atoms with Crippen LogP contribution in [0.15, 0.2) is 54.5 Å². The van der Waals surface area contributed by atoms with Gasteiger partial charge >= 0.3 is 0 Å². The Morgan fingerprint density at radius 3 is 2.61 bits per heavy atom. The molecule has 118 valence electrons. The molecule has 0 saturated carbocycles. The van der Waals surface area contributed by atoms with Gasteiger partial charge in [-0.1, -0.05) is 0 Å². The van der Waals surface area contributed by atoms with Crippen LogP contribution in [0.1, 0.15) is 17.3 Å². The summed E-state index contributed by atoms with van der Waals surface area (Å²) in [6.45, 7) is 1.72. The molecule has 0 amide bonds. The Bertz CT molecular complexity index is 757. The Labute approximate surface area is 132 Å². The van der Waals surface area contributed by atoms with Crippen molar-refractivity contribution in [2.75, 3.05) is 12.4 Å². The zero-order valence-corrected chi connectivity index (χ0v) is 12.6. The number of anilines is 1. The molecule has 1 N–H and O–H groups in total. The van der Waals surface area contributed by atoms with E-state index in [-0.39, 0.29) is 11.5 Å². The number of hydrogen-bond acceptors (Lipinski definition) is 6. The quantitative estimate of drug-likeness (QED) is 0.381. The molecule has 7 heteroatoms. The lowest BCUT2D eigenvalue weighted by Gasteiger charge is -2.11. The van der Waals surface area contributed by atoms with Gasteiger partial charge in [-0.3, -0.25) is 19.9 Å². The van der Waals surface area contributed by atoms with Crippen LogP contribution in [-0.4, -0.2) is 22.8 Å². The molecule has 0 aliphatic heterocycles. The molecular formula is C16H15N3O4. The molecule has 0 saturated heterocycles. The fourth-order valence-corrected chi connectivity index (χ4v) is 1.94. The van der Waals surface area contributed by atoms with E-state index in [1.54, 1.807) is 31.5 Å². The van der Waals surface area contributed by atoms with Crippen LogP contribution in [0.4, 0.5) is 11.4 Å². The molecule has 0 bridgehead atoms. The third-order valence-electron chi connectivity index (χ3n) is 3.04. The molecular weight excluding hydrogens is 298 g/mol. The van der Waals surface area contributed by atoms with Gasteiger partial charge in [0.1, 0.15) is 5.75 Å². The lowest BCUT2D eigenvalue weighted by atomic mass is 10.1. The summed E-state index contributed by atoms with van der Waals surface area (Å²) in [4.78, 5) is 26.2. The smallest absolute Gasteiger partial charge is 0.273 e. The minimum atomic E-state index is -0.498. The highest BCUT2D eigenvalue weighted by Crippen LogP contribution is 2.29. The second kappa shape index (κ2) is 7.17. The van der Waals surface area contributed by atoms with Gasteiger partial charge in [-0.25, -0.2) is 0 Å². The van der Waals surface area contributed by atoms with E-state index in [0.29, 0.717) is 22.7 Å². The number of allylic oxidation sites excluding steroid dienone is 2. The predicted molar refractivity (Wildman–Crippen MR) is 85.6 cm³/mol. The van der Waals surface area contributed by atoms with Gasteiger partial charge in [0.25, 0.3) is 5.69 Å². The van der Waals surface area contributed by atoms with Crippen LogP contribution in [-0.2, 0) is 0 Å². The molecule has 1 aromatic carbocycles. The Balaban J connectivity index is 2.19. The molecule has 23 heavy (non-hydrogen) atoms. The number of pyridine rings is 1. The third kappa shape index (κ3) is 4.13. The molecule has 0 unspecified atom stereocenters. The maximum Gasteiger partial charge on any atom is 0.273 e. The molecule has 1 heterocycles. The average Bonchev–Trinajstić information content (AvgIpc) is 2.55. The highest BCUT2D eigenvalue weighted by molar-refractivity contribution is 6.05. The van der Waals surface area contributed by atoms with Gasteiger partial charge in [-0.05, 0) is 25.1 Å². The summed E-state index contributed by atoms with van der Waals surface area (Å²) in [6, 6.07) is 7.46. The number of carbonyl (C=O) groups excluding carboxylic acids is 1. The van der Waals surface area contributed by atoms with E-state index in [4.69, 9.17) is 4.74 Å². The van der Waals surface area contributed by atoms with Crippen molar-refractivity contribution in [2.45, 2.75) is 6.92 Å². The van der Waals surface area contributed by atoms with Crippen LogP contribution in [0.5, 0.6) is 5.75 Å². The third-order valence-corrected chi connectivity index (χ3v) is 3.04. The van der Waals surface area contributed by atoms with E-state index >= 15 is 0 Å². The second-order valence-corrected chi connectivity index (χ2v) is 4.69. The summed E-state index contributed by atoms with van der Waals surface area (Å²) >= 11 is 0. The van der Waals surface area contributed by atoms with Crippen molar-refractivity contribution in [1.82, 2.24) is 4.98 Å². The van der Waals surface area contributed by atoms with E-state index in [1.165, 1.54) is 31.4 Å². The molecule has 0 atom stereocenters. The van der Waals surface area contributed by atoms with E-state index in [0.717, 1.165) is 0 Å². The maximum absolute atomic E-state index is 12.1. The summed E-state index contributed by atoms with van der Waals surface area (Å²) in [5.41, 5.74) is 1.58. The van der Waals surface area contributed by atoms with Gasteiger partial charge in [-0.2, -0.15) is 0 Å². The molecule has 0 radical (unpaired) electrons. The largest absolute Gasteiger partial charge is 0.494 e. The van der Waals surface area contributed by atoms with Gasteiger partial charge in [-0.15, -0.1) is 0 Å². The molecule has 1 aromatic heterocycles. The summed E-state index contributed by atoms with van der Waals surface area (Å²) < 4.78 is 5.14. The fraction of sp³-hybridized carbons (Fsp3) is 0.125. The predicted octanol–water partition coefficient (Wildman–Crippen LogP) is 3.20. The minimum absolute atomic E-state index is 0.0677. The summed E-state index contributed by atoms with van der Waals surface area (Å²) in [7, 11) is 1.42. The van der Waals surface area contributed by atoms with Crippen LogP contribution < -0.4 is 10.1 Å².